The number of benzene rings is 8. The van der Waals surface area contributed by atoms with E-state index in [-0.39, 0.29) is 68.3 Å². The molecule has 0 aliphatic rings. The Balaban J connectivity index is 0.000000314. The number of aromatic hydroxyl groups is 8. The summed E-state index contributed by atoms with van der Waals surface area (Å²) in [5.74, 6) is 1.09. The van der Waals surface area contributed by atoms with E-state index in [4.69, 9.17) is 0 Å². The Morgan fingerprint density at radius 2 is 0.250 bits per heavy atom. The molecule has 0 radical (unpaired) electrons. The minimum absolute atomic E-state index is 0.252. The normalized spacial score (nSPS) is 13.6. The minimum Gasteiger partial charge on any atom is -0.508 e. The molecule has 8 N–H and O–H groups in total. The molecular formula is C100H140O8. The fourth-order valence-electron chi connectivity index (χ4n) is 15.6. The van der Waals surface area contributed by atoms with Crippen molar-refractivity contribution in [2.45, 2.75) is 338 Å². The SMILES string of the molecule is CC(C)(C)c1cc(C(c2cc(C(C)(C)C)c(O)c(C(C)(C)C)c2)C(c2cc(C(C)(C)C)c(O)c(C(C)(C)C)c2)c2cc(C(C)(C)C)c(O)c(C(C)(C)C)c2)cc(C(C)(C)C)c1O.CC(C)(C)c1cc(C(c2ccc(O)c(C(C)(C)C)c2)C(c2ccc(O)c(C(C)(C)C)c2)c2ccc(O)c(C(C)(C)C)c2)ccc1O. The molecule has 0 heterocycles. The van der Waals surface area contributed by atoms with Crippen molar-refractivity contribution in [1.29, 1.82) is 0 Å². The van der Waals surface area contributed by atoms with Gasteiger partial charge in [0, 0.05) is 23.7 Å². The summed E-state index contributed by atoms with van der Waals surface area (Å²) < 4.78 is 0. The monoisotopic (exact) mass is 1470 g/mol. The number of phenols is 8. The van der Waals surface area contributed by atoms with Gasteiger partial charge in [0.2, 0.25) is 0 Å². The average molecular weight is 1470 g/mol. The van der Waals surface area contributed by atoms with E-state index in [0.717, 1.165) is 111 Å². The Hall–Kier alpha value is -7.84. The van der Waals surface area contributed by atoms with Crippen molar-refractivity contribution in [2.75, 3.05) is 0 Å². The third-order valence-corrected chi connectivity index (χ3v) is 21.8. The van der Waals surface area contributed by atoms with E-state index < -0.39 is 43.3 Å². The van der Waals surface area contributed by atoms with E-state index in [1.165, 1.54) is 0 Å². The van der Waals surface area contributed by atoms with Crippen molar-refractivity contribution in [3.63, 3.8) is 0 Å². The minimum atomic E-state index is -0.392. The van der Waals surface area contributed by atoms with Crippen LogP contribution in [-0.4, -0.2) is 40.9 Å². The Bertz CT molecular complexity index is 3870. The van der Waals surface area contributed by atoms with Gasteiger partial charge in [-0.3, -0.25) is 0 Å². The van der Waals surface area contributed by atoms with Gasteiger partial charge in [0.1, 0.15) is 46.0 Å². The molecule has 8 aromatic rings. The van der Waals surface area contributed by atoms with Gasteiger partial charge in [0.15, 0.2) is 0 Å². The van der Waals surface area contributed by atoms with E-state index in [9.17, 15) is 40.9 Å². The highest BCUT2D eigenvalue weighted by molar-refractivity contribution is 5.63. The smallest absolute Gasteiger partial charge is 0.123 e. The van der Waals surface area contributed by atoms with Crippen LogP contribution >= 0.6 is 0 Å². The zero-order valence-electron chi connectivity index (χ0n) is 73.4. The summed E-state index contributed by atoms with van der Waals surface area (Å²) in [6.07, 6.45) is 0. The molecular weight excluding hydrogens is 1330 g/mol. The predicted molar refractivity (Wildman–Crippen MR) is 457 cm³/mol. The van der Waals surface area contributed by atoms with E-state index in [0.29, 0.717) is 23.0 Å². The first-order valence-corrected chi connectivity index (χ1v) is 39.3. The maximum atomic E-state index is 12.2. The fraction of sp³-hybridized carbons (Fsp3) is 0.520. The van der Waals surface area contributed by atoms with Crippen LogP contribution in [0.1, 0.15) is 384 Å². The van der Waals surface area contributed by atoms with Crippen LogP contribution in [0.5, 0.6) is 46.0 Å². The van der Waals surface area contributed by atoms with Crippen molar-refractivity contribution in [3.8, 4) is 46.0 Å². The lowest BCUT2D eigenvalue weighted by Crippen LogP contribution is -2.25. The van der Waals surface area contributed by atoms with Crippen LogP contribution in [0.25, 0.3) is 0 Å². The Morgan fingerprint density at radius 1 is 0.148 bits per heavy atom. The van der Waals surface area contributed by atoms with Crippen molar-refractivity contribution in [2.24, 2.45) is 0 Å². The molecule has 0 aliphatic heterocycles. The highest BCUT2D eigenvalue weighted by atomic mass is 16.3. The topological polar surface area (TPSA) is 162 Å². The summed E-state index contributed by atoms with van der Waals surface area (Å²) in [6, 6.07) is 41.5. The summed E-state index contributed by atoms with van der Waals surface area (Å²) >= 11 is 0. The summed E-state index contributed by atoms with van der Waals surface area (Å²) in [7, 11) is 0. The second kappa shape index (κ2) is 29.4. The molecule has 8 aromatic carbocycles. The number of hydrogen-bond acceptors (Lipinski definition) is 8. The van der Waals surface area contributed by atoms with Crippen LogP contribution in [0.15, 0.2) is 121 Å². The summed E-state index contributed by atoms with van der Waals surface area (Å²) in [5, 5.41) is 92.9. The number of rotatable bonds is 10. The van der Waals surface area contributed by atoms with Crippen molar-refractivity contribution in [1.82, 2.24) is 0 Å². The van der Waals surface area contributed by atoms with Crippen molar-refractivity contribution >= 4 is 0 Å². The molecule has 8 rings (SSSR count). The standard InChI is InChI=1S/C58H86O4.C42H54O4/c1-51(2,3)37-25-33(26-38(47(37)59)52(4,5)6)45(34-27-39(53(7,8)9)48(60)40(28-34)54(10,11)12)46(35-29-41(55(13,14)15)49(61)42(30-35)56(16,17)18)36-31-43(57(19,20)21)50(62)44(32-36)58(22,23)24;1-39(2,3)29-21-25(13-17-33(29)43)37(26-14-18-34(44)30(22-26)40(4,5)6)38(27-15-19-35(45)31(23-27)41(7,8)9)28-16-20-36(46)32(24-28)42(10,11)12/h25-32,45-46,59-62H,1-24H3;13-24,37-38,43-46H,1-12H3. The number of phenolic OH excluding ortho intramolecular Hbond substituents is 8. The predicted octanol–water partition coefficient (Wildman–Crippen LogP) is 26.5. The van der Waals surface area contributed by atoms with Crippen LogP contribution in [0.3, 0.4) is 0 Å². The molecule has 0 fully saturated rings. The van der Waals surface area contributed by atoms with E-state index in [2.05, 4.69) is 322 Å². The molecule has 0 atom stereocenters. The van der Waals surface area contributed by atoms with Gasteiger partial charge < -0.3 is 40.9 Å². The lowest BCUT2D eigenvalue weighted by molar-refractivity contribution is 0.418. The van der Waals surface area contributed by atoms with E-state index >= 15 is 0 Å². The maximum absolute atomic E-state index is 12.2. The average Bonchev–Trinajstić information content (AvgIpc) is 0.725. The quantitative estimate of drug-likeness (QED) is 0.0671. The highest BCUT2D eigenvalue weighted by Gasteiger charge is 2.41. The van der Waals surface area contributed by atoms with Crippen LogP contribution in [0.4, 0.5) is 0 Å². The molecule has 8 heteroatoms. The first-order chi connectivity index (χ1) is 48.5. The molecule has 8 nitrogen and oxygen atoms in total. The second-order valence-electron chi connectivity index (χ2n) is 43.9. The molecule has 0 saturated heterocycles. The fourth-order valence-corrected chi connectivity index (χ4v) is 15.6. The molecule has 0 unspecified atom stereocenters. The summed E-state index contributed by atoms with van der Waals surface area (Å²) in [4.78, 5) is 0. The van der Waals surface area contributed by atoms with Gasteiger partial charge in [-0.25, -0.2) is 0 Å². The molecule has 588 valence electrons. The van der Waals surface area contributed by atoms with E-state index in [1.54, 1.807) is 24.3 Å². The lowest BCUT2D eigenvalue weighted by Gasteiger charge is -2.38. The lowest BCUT2D eigenvalue weighted by atomic mass is 9.66. The van der Waals surface area contributed by atoms with Gasteiger partial charge in [-0.05, 0) is 201 Å². The van der Waals surface area contributed by atoms with Gasteiger partial charge in [-0.2, -0.15) is 0 Å². The molecule has 0 spiro atoms. The largest absolute Gasteiger partial charge is 0.508 e. The second-order valence-corrected chi connectivity index (χ2v) is 43.9. The molecule has 0 aromatic heterocycles. The van der Waals surface area contributed by atoms with Gasteiger partial charge >= 0.3 is 0 Å². The Labute approximate surface area is 653 Å². The Kier molecular flexibility index (Phi) is 23.8. The van der Waals surface area contributed by atoms with Crippen LogP contribution < -0.4 is 0 Å². The zero-order valence-corrected chi connectivity index (χ0v) is 73.4. The molecule has 0 bridgehead atoms. The van der Waals surface area contributed by atoms with Crippen molar-refractivity contribution in [3.05, 3.63) is 233 Å². The third-order valence-electron chi connectivity index (χ3n) is 21.8. The maximum Gasteiger partial charge on any atom is 0.123 e. The molecule has 0 saturated carbocycles. The summed E-state index contributed by atoms with van der Waals surface area (Å²) in [5.41, 5.74) is 14.4. The molecule has 108 heavy (non-hydrogen) atoms. The van der Waals surface area contributed by atoms with Gasteiger partial charge in [-0.15, -0.1) is 0 Å². The van der Waals surface area contributed by atoms with Crippen molar-refractivity contribution < 1.29 is 40.9 Å². The van der Waals surface area contributed by atoms with Crippen LogP contribution in [-0.2, 0) is 65.0 Å². The van der Waals surface area contributed by atoms with Crippen LogP contribution in [0, 0.1) is 0 Å². The molecule has 0 amide bonds. The van der Waals surface area contributed by atoms with Gasteiger partial charge in [0.05, 0.1) is 0 Å². The first kappa shape index (κ1) is 87.4. The number of hydrogen-bond donors (Lipinski definition) is 8. The highest BCUT2D eigenvalue weighted by Crippen LogP contribution is 2.56. The zero-order chi connectivity index (χ0) is 82.6. The van der Waals surface area contributed by atoms with Gasteiger partial charge in [-0.1, -0.05) is 346 Å². The van der Waals surface area contributed by atoms with Crippen LogP contribution in [0.2, 0.25) is 0 Å². The Morgan fingerprint density at radius 3 is 0.361 bits per heavy atom. The third kappa shape index (κ3) is 19.1. The molecule has 0 aliphatic carbocycles. The summed E-state index contributed by atoms with van der Waals surface area (Å²) in [6.45, 7) is 77.1. The van der Waals surface area contributed by atoms with Gasteiger partial charge in [0.25, 0.3) is 0 Å². The van der Waals surface area contributed by atoms with E-state index in [1.807, 2.05) is 24.3 Å². The first-order valence-electron chi connectivity index (χ1n) is 39.3.